The van der Waals surface area contributed by atoms with Gasteiger partial charge in [0.05, 0.1) is 4.92 Å². The van der Waals surface area contributed by atoms with Crippen molar-refractivity contribution in [2.24, 2.45) is 5.41 Å². The number of nitro benzene ring substituents is 1. The molecule has 2 aromatic rings. The van der Waals surface area contributed by atoms with Crippen LogP contribution in [0.2, 0.25) is 0 Å². The molecule has 0 radical (unpaired) electrons. The van der Waals surface area contributed by atoms with E-state index < -0.39 is 4.92 Å². The monoisotopic (exact) mass is 279 g/mol. The Hall–Kier alpha value is -2.15. The number of rotatable bonds is 6. The van der Waals surface area contributed by atoms with Crippen molar-refractivity contribution in [1.29, 1.82) is 0 Å². The van der Waals surface area contributed by atoms with Crippen molar-refractivity contribution in [3.05, 3.63) is 28.3 Å². The van der Waals surface area contributed by atoms with Crippen LogP contribution in [0, 0.1) is 15.5 Å². The molecule has 0 atom stereocenters. The first-order valence-corrected chi connectivity index (χ1v) is 6.32. The van der Waals surface area contributed by atoms with Gasteiger partial charge in [-0.3, -0.25) is 10.1 Å². The van der Waals surface area contributed by atoms with Crippen LogP contribution in [0.15, 0.2) is 22.6 Å². The molecule has 0 unspecified atom stereocenters. The number of benzene rings is 1. The number of hydrogen-bond acceptors (Lipinski definition) is 6. The summed E-state index contributed by atoms with van der Waals surface area (Å²) in [5, 5.41) is 22.9. The maximum Gasteiger partial charge on any atom is 0.298 e. The molecule has 2 N–H and O–H groups in total. The Balaban J connectivity index is 2.20. The molecule has 0 aliphatic carbocycles. The Morgan fingerprint density at radius 1 is 1.50 bits per heavy atom. The van der Waals surface area contributed by atoms with Crippen LogP contribution in [0.25, 0.3) is 11.1 Å². The average Bonchev–Trinajstić information content (AvgIpc) is 2.78. The maximum absolute atomic E-state index is 10.9. The van der Waals surface area contributed by atoms with Crippen LogP contribution in [0.1, 0.15) is 20.3 Å². The number of aromatic nitrogens is 1. The predicted octanol–water partition coefficient (Wildman–Crippen LogP) is 2.56. The molecule has 0 fully saturated rings. The SMILES string of the molecule is CC(C)(CCO)CNc1nc2c([N+](=O)[O-])cccc2o1. The van der Waals surface area contributed by atoms with Crippen molar-refractivity contribution < 1.29 is 14.4 Å². The zero-order valence-electron chi connectivity index (χ0n) is 11.4. The minimum atomic E-state index is -0.482. The van der Waals surface area contributed by atoms with Crippen LogP contribution in [-0.4, -0.2) is 28.2 Å². The Kier molecular flexibility index (Phi) is 3.89. The summed E-state index contributed by atoms with van der Waals surface area (Å²) in [7, 11) is 0. The number of fused-ring (bicyclic) bond motifs is 1. The summed E-state index contributed by atoms with van der Waals surface area (Å²) in [6.45, 7) is 4.66. The van der Waals surface area contributed by atoms with Crippen molar-refractivity contribution in [2.75, 3.05) is 18.5 Å². The third-order valence-corrected chi connectivity index (χ3v) is 3.10. The molecule has 0 spiro atoms. The number of oxazole rings is 1. The zero-order valence-corrected chi connectivity index (χ0v) is 11.4. The molecule has 0 aliphatic rings. The van der Waals surface area contributed by atoms with Crippen LogP contribution in [-0.2, 0) is 0 Å². The third-order valence-electron chi connectivity index (χ3n) is 3.10. The molecular formula is C13H17N3O4. The van der Waals surface area contributed by atoms with E-state index in [0.717, 1.165) is 0 Å². The van der Waals surface area contributed by atoms with Gasteiger partial charge in [0.2, 0.25) is 0 Å². The number of aliphatic hydroxyl groups is 1. The smallest absolute Gasteiger partial charge is 0.298 e. The first-order chi connectivity index (χ1) is 9.43. The summed E-state index contributed by atoms with van der Waals surface area (Å²) in [4.78, 5) is 14.5. The minimum absolute atomic E-state index is 0.0751. The van der Waals surface area contributed by atoms with Gasteiger partial charge >= 0.3 is 0 Å². The fraction of sp³-hybridized carbons (Fsp3) is 0.462. The molecule has 0 bridgehead atoms. The van der Waals surface area contributed by atoms with E-state index >= 15 is 0 Å². The second-order valence-corrected chi connectivity index (χ2v) is 5.39. The molecule has 1 aromatic heterocycles. The summed E-state index contributed by atoms with van der Waals surface area (Å²) in [6, 6.07) is 4.84. The quantitative estimate of drug-likeness (QED) is 0.622. The van der Waals surface area contributed by atoms with E-state index in [0.29, 0.717) is 18.5 Å². The van der Waals surface area contributed by atoms with Crippen LogP contribution in [0.5, 0.6) is 0 Å². The van der Waals surface area contributed by atoms with E-state index in [1.807, 2.05) is 13.8 Å². The van der Waals surface area contributed by atoms with Crippen molar-refractivity contribution in [2.45, 2.75) is 20.3 Å². The van der Waals surface area contributed by atoms with E-state index in [9.17, 15) is 10.1 Å². The van der Waals surface area contributed by atoms with Crippen molar-refractivity contribution in [1.82, 2.24) is 4.98 Å². The normalized spacial score (nSPS) is 11.8. The molecule has 20 heavy (non-hydrogen) atoms. The van der Waals surface area contributed by atoms with Gasteiger partial charge in [-0.05, 0) is 17.9 Å². The molecule has 0 saturated carbocycles. The number of hydrogen-bond donors (Lipinski definition) is 2. The summed E-state index contributed by atoms with van der Waals surface area (Å²) < 4.78 is 5.44. The lowest BCUT2D eigenvalue weighted by molar-refractivity contribution is -0.383. The first kappa shape index (κ1) is 14.3. The molecule has 7 heteroatoms. The summed E-state index contributed by atoms with van der Waals surface area (Å²) in [5.41, 5.74) is 0.414. The molecule has 0 amide bonds. The summed E-state index contributed by atoms with van der Waals surface area (Å²) in [5.74, 6) is 0. The standard InChI is InChI=1S/C13H17N3O4/c1-13(2,6-7-17)8-14-12-15-11-9(16(18)19)4-3-5-10(11)20-12/h3-5,17H,6-8H2,1-2H3,(H,14,15). The lowest BCUT2D eigenvalue weighted by Crippen LogP contribution is -2.24. The Morgan fingerprint density at radius 3 is 2.90 bits per heavy atom. The molecule has 0 saturated heterocycles. The van der Waals surface area contributed by atoms with Gasteiger partial charge in [-0.1, -0.05) is 19.9 Å². The number of nitrogens with zero attached hydrogens (tertiary/aromatic N) is 2. The van der Waals surface area contributed by atoms with E-state index in [1.165, 1.54) is 6.07 Å². The number of aliphatic hydroxyl groups excluding tert-OH is 1. The fourth-order valence-electron chi connectivity index (χ4n) is 1.86. The maximum atomic E-state index is 10.9. The van der Waals surface area contributed by atoms with Crippen LogP contribution < -0.4 is 5.32 Å². The van der Waals surface area contributed by atoms with Crippen LogP contribution >= 0.6 is 0 Å². The summed E-state index contributed by atoms with van der Waals surface area (Å²) >= 11 is 0. The first-order valence-electron chi connectivity index (χ1n) is 6.32. The average molecular weight is 279 g/mol. The van der Waals surface area contributed by atoms with Gasteiger partial charge in [-0.2, -0.15) is 4.98 Å². The zero-order chi connectivity index (χ0) is 14.8. The Morgan fingerprint density at radius 2 is 2.25 bits per heavy atom. The predicted molar refractivity (Wildman–Crippen MR) is 74.6 cm³/mol. The minimum Gasteiger partial charge on any atom is -0.423 e. The van der Waals surface area contributed by atoms with Crippen molar-refractivity contribution >= 4 is 22.8 Å². The van der Waals surface area contributed by atoms with Gasteiger partial charge in [-0.15, -0.1) is 0 Å². The highest BCUT2D eigenvalue weighted by Crippen LogP contribution is 2.28. The summed E-state index contributed by atoms with van der Waals surface area (Å²) in [6.07, 6.45) is 0.639. The fourth-order valence-corrected chi connectivity index (χ4v) is 1.86. The second kappa shape index (κ2) is 5.46. The van der Waals surface area contributed by atoms with Gasteiger partial charge in [-0.25, -0.2) is 0 Å². The Bertz CT molecular complexity index is 621. The highest BCUT2D eigenvalue weighted by molar-refractivity contribution is 5.83. The second-order valence-electron chi connectivity index (χ2n) is 5.39. The number of non-ortho nitro benzene ring substituents is 1. The van der Waals surface area contributed by atoms with Gasteiger partial charge in [0.1, 0.15) is 0 Å². The number of para-hydroxylation sites is 1. The molecule has 108 valence electrons. The Labute approximate surface area is 115 Å². The largest absolute Gasteiger partial charge is 0.423 e. The molecule has 7 nitrogen and oxygen atoms in total. The van der Waals surface area contributed by atoms with Crippen molar-refractivity contribution in [3.63, 3.8) is 0 Å². The lowest BCUT2D eigenvalue weighted by Gasteiger charge is -2.23. The highest BCUT2D eigenvalue weighted by Gasteiger charge is 2.20. The molecular weight excluding hydrogens is 262 g/mol. The number of nitrogens with one attached hydrogen (secondary N) is 1. The molecule has 0 aliphatic heterocycles. The van der Waals surface area contributed by atoms with Gasteiger partial charge in [0, 0.05) is 19.2 Å². The van der Waals surface area contributed by atoms with Crippen molar-refractivity contribution in [3.8, 4) is 0 Å². The van der Waals surface area contributed by atoms with Crippen LogP contribution in [0.4, 0.5) is 11.7 Å². The molecule has 1 aromatic carbocycles. The number of nitro groups is 1. The van der Waals surface area contributed by atoms with Gasteiger partial charge < -0.3 is 14.8 Å². The number of anilines is 1. The van der Waals surface area contributed by atoms with E-state index in [1.54, 1.807) is 12.1 Å². The van der Waals surface area contributed by atoms with Gasteiger partial charge in [0.15, 0.2) is 11.1 Å². The molecule has 1 heterocycles. The third kappa shape index (κ3) is 3.05. The topological polar surface area (TPSA) is 101 Å². The van der Waals surface area contributed by atoms with E-state index in [2.05, 4.69) is 10.3 Å². The van der Waals surface area contributed by atoms with Gasteiger partial charge in [0.25, 0.3) is 11.7 Å². The molecule has 2 rings (SSSR count). The highest BCUT2D eigenvalue weighted by atomic mass is 16.6. The lowest BCUT2D eigenvalue weighted by atomic mass is 9.90. The van der Waals surface area contributed by atoms with E-state index in [-0.39, 0.29) is 29.2 Å². The van der Waals surface area contributed by atoms with E-state index in [4.69, 9.17) is 9.52 Å². The van der Waals surface area contributed by atoms with Crippen LogP contribution in [0.3, 0.4) is 0 Å².